The normalized spacial score (nSPS) is 12.0. The number of halogens is 1. The Labute approximate surface area is 145 Å². The summed E-state index contributed by atoms with van der Waals surface area (Å²) in [4.78, 5) is 22.8. The van der Waals surface area contributed by atoms with Gasteiger partial charge in [0.1, 0.15) is 0 Å². The lowest BCUT2D eigenvalue weighted by Crippen LogP contribution is -2.29. The number of nitro groups is 1. The zero-order valence-corrected chi connectivity index (χ0v) is 14.3. The second kappa shape index (κ2) is 7.93. The predicted molar refractivity (Wildman–Crippen MR) is 94.2 cm³/mol. The number of nitrogens with zero attached hydrogens (tertiary/aromatic N) is 1. The Morgan fingerprint density at radius 3 is 2.42 bits per heavy atom. The molecular formula is C18H19ClN2O3. The van der Waals surface area contributed by atoms with Gasteiger partial charge in [-0.25, -0.2) is 0 Å². The molecule has 0 aliphatic carbocycles. The van der Waals surface area contributed by atoms with E-state index in [2.05, 4.69) is 19.2 Å². The molecule has 0 saturated carbocycles. The Kier molecular flexibility index (Phi) is 5.93. The first-order valence-electron chi connectivity index (χ1n) is 7.68. The Balaban J connectivity index is 2.23. The van der Waals surface area contributed by atoms with Gasteiger partial charge in [-0.2, -0.15) is 0 Å². The van der Waals surface area contributed by atoms with Crippen molar-refractivity contribution in [2.24, 2.45) is 5.92 Å². The molecule has 1 atom stereocenters. The standard InChI is InChI=1S/C18H19ClN2O3/c1-12(2)10-17(13-6-4-3-5-7-13)20-18(22)15-9-8-14(21(23)24)11-16(15)19/h3-9,11-12,17H,10H2,1-2H3,(H,20,22)/t17-/m1/s1. The number of nitrogens with one attached hydrogen (secondary N) is 1. The summed E-state index contributed by atoms with van der Waals surface area (Å²) in [7, 11) is 0. The third-order valence-corrected chi connectivity index (χ3v) is 3.94. The van der Waals surface area contributed by atoms with Gasteiger partial charge >= 0.3 is 0 Å². The summed E-state index contributed by atoms with van der Waals surface area (Å²) >= 11 is 6.04. The summed E-state index contributed by atoms with van der Waals surface area (Å²) in [5, 5.41) is 13.8. The van der Waals surface area contributed by atoms with Crippen LogP contribution in [0, 0.1) is 16.0 Å². The van der Waals surface area contributed by atoms with Crippen LogP contribution in [0.1, 0.15) is 42.2 Å². The van der Waals surface area contributed by atoms with Crippen LogP contribution in [-0.2, 0) is 0 Å². The zero-order valence-electron chi connectivity index (χ0n) is 13.5. The lowest BCUT2D eigenvalue weighted by atomic mass is 9.96. The molecule has 1 N–H and O–H groups in total. The minimum absolute atomic E-state index is 0.0676. The van der Waals surface area contributed by atoms with Gasteiger partial charge in [-0.3, -0.25) is 14.9 Å². The average Bonchev–Trinajstić information content (AvgIpc) is 2.54. The van der Waals surface area contributed by atoms with E-state index in [1.165, 1.54) is 18.2 Å². The van der Waals surface area contributed by atoms with Gasteiger partial charge < -0.3 is 5.32 Å². The van der Waals surface area contributed by atoms with Crippen molar-refractivity contribution in [2.45, 2.75) is 26.3 Å². The highest BCUT2D eigenvalue weighted by Gasteiger charge is 2.20. The molecule has 24 heavy (non-hydrogen) atoms. The number of benzene rings is 2. The maximum atomic E-state index is 12.5. The van der Waals surface area contributed by atoms with E-state index in [1.807, 2.05) is 30.3 Å². The van der Waals surface area contributed by atoms with E-state index in [-0.39, 0.29) is 28.2 Å². The van der Waals surface area contributed by atoms with E-state index in [1.54, 1.807) is 0 Å². The van der Waals surface area contributed by atoms with Crippen LogP contribution < -0.4 is 5.32 Å². The van der Waals surface area contributed by atoms with Crippen molar-refractivity contribution in [3.05, 3.63) is 74.8 Å². The summed E-state index contributed by atoms with van der Waals surface area (Å²) in [6.45, 7) is 4.17. The van der Waals surface area contributed by atoms with Gasteiger partial charge in [-0.1, -0.05) is 55.8 Å². The number of non-ortho nitro benzene ring substituents is 1. The van der Waals surface area contributed by atoms with Crippen LogP contribution in [-0.4, -0.2) is 10.8 Å². The molecule has 126 valence electrons. The number of carbonyl (C=O) groups is 1. The molecule has 0 saturated heterocycles. The Morgan fingerprint density at radius 1 is 1.21 bits per heavy atom. The monoisotopic (exact) mass is 346 g/mol. The molecule has 0 aliphatic heterocycles. The fourth-order valence-electron chi connectivity index (χ4n) is 2.47. The van der Waals surface area contributed by atoms with Crippen molar-refractivity contribution in [1.82, 2.24) is 5.32 Å². The molecule has 0 aliphatic rings. The second-order valence-corrected chi connectivity index (χ2v) is 6.39. The largest absolute Gasteiger partial charge is 0.345 e. The smallest absolute Gasteiger partial charge is 0.270 e. The number of rotatable bonds is 6. The molecule has 0 spiro atoms. The third kappa shape index (κ3) is 4.55. The minimum atomic E-state index is -0.543. The zero-order chi connectivity index (χ0) is 17.7. The van der Waals surface area contributed by atoms with Gasteiger partial charge in [0.15, 0.2) is 0 Å². The van der Waals surface area contributed by atoms with Crippen LogP contribution in [0.5, 0.6) is 0 Å². The molecule has 6 heteroatoms. The van der Waals surface area contributed by atoms with Crippen molar-refractivity contribution in [1.29, 1.82) is 0 Å². The second-order valence-electron chi connectivity index (χ2n) is 5.99. The summed E-state index contributed by atoms with van der Waals surface area (Å²) in [6.07, 6.45) is 0.778. The van der Waals surface area contributed by atoms with E-state index < -0.39 is 4.92 Å². The Hall–Kier alpha value is -2.40. The Morgan fingerprint density at radius 2 is 1.88 bits per heavy atom. The first kappa shape index (κ1) is 17.9. The molecule has 0 fully saturated rings. The molecule has 0 aromatic heterocycles. The van der Waals surface area contributed by atoms with E-state index in [9.17, 15) is 14.9 Å². The van der Waals surface area contributed by atoms with Crippen molar-refractivity contribution < 1.29 is 9.72 Å². The maximum Gasteiger partial charge on any atom is 0.270 e. The molecule has 2 aromatic rings. The molecule has 5 nitrogen and oxygen atoms in total. The summed E-state index contributed by atoms with van der Waals surface area (Å²) in [6, 6.07) is 13.4. The first-order valence-corrected chi connectivity index (χ1v) is 8.06. The molecule has 0 heterocycles. The fourth-order valence-corrected chi connectivity index (χ4v) is 2.73. The number of nitro benzene ring substituents is 1. The van der Waals surface area contributed by atoms with Crippen LogP contribution in [0.15, 0.2) is 48.5 Å². The highest BCUT2D eigenvalue weighted by atomic mass is 35.5. The summed E-state index contributed by atoms with van der Waals surface area (Å²) in [5.74, 6) is 0.0484. The molecule has 2 aromatic carbocycles. The molecular weight excluding hydrogens is 328 g/mol. The fraction of sp³-hybridized carbons (Fsp3) is 0.278. The van der Waals surface area contributed by atoms with Crippen LogP contribution >= 0.6 is 11.6 Å². The van der Waals surface area contributed by atoms with Crippen LogP contribution in [0.25, 0.3) is 0 Å². The first-order chi connectivity index (χ1) is 11.4. The highest BCUT2D eigenvalue weighted by Crippen LogP contribution is 2.25. The molecule has 0 bridgehead atoms. The third-order valence-electron chi connectivity index (χ3n) is 3.62. The van der Waals surface area contributed by atoms with Gasteiger partial charge in [0.25, 0.3) is 11.6 Å². The van der Waals surface area contributed by atoms with E-state index >= 15 is 0 Å². The number of hydrogen-bond donors (Lipinski definition) is 1. The van der Waals surface area contributed by atoms with Gasteiger partial charge in [0.05, 0.1) is 21.6 Å². The van der Waals surface area contributed by atoms with Crippen molar-refractivity contribution >= 4 is 23.2 Å². The topological polar surface area (TPSA) is 72.2 Å². The van der Waals surface area contributed by atoms with Crippen LogP contribution in [0.4, 0.5) is 5.69 Å². The molecule has 1 amide bonds. The maximum absolute atomic E-state index is 12.5. The number of carbonyl (C=O) groups excluding carboxylic acids is 1. The number of hydrogen-bond acceptors (Lipinski definition) is 3. The quantitative estimate of drug-likeness (QED) is 0.605. The van der Waals surface area contributed by atoms with Gasteiger partial charge in [-0.05, 0) is 24.0 Å². The SMILES string of the molecule is CC(C)C[C@@H](NC(=O)c1ccc([N+](=O)[O-])cc1Cl)c1ccccc1. The lowest BCUT2D eigenvalue weighted by Gasteiger charge is -2.21. The van der Waals surface area contributed by atoms with Crippen molar-refractivity contribution in [3.63, 3.8) is 0 Å². The lowest BCUT2D eigenvalue weighted by molar-refractivity contribution is -0.384. The van der Waals surface area contributed by atoms with Crippen LogP contribution in [0.3, 0.4) is 0 Å². The summed E-state index contributed by atoms with van der Waals surface area (Å²) < 4.78 is 0. The van der Waals surface area contributed by atoms with Crippen molar-refractivity contribution in [3.8, 4) is 0 Å². The van der Waals surface area contributed by atoms with Crippen LogP contribution in [0.2, 0.25) is 5.02 Å². The average molecular weight is 347 g/mol. The highest BCUT2D eigenvalue weighted by molar-refractivity contribution is 6.34. The van der Waals surface area contributed by atoms with E-state index in [0.29, 0.717) is 5.92 Å². The Bertz CT molecular complexity index is 732. The molecule has 0 unspecified atom stereocenters. The predicted octanol–water partition coefficient (Wildman–Crippen LogP) is 4.77. The van der Waals surface area contributed by atoms with E-state index in [0.717, 1.165) is 12.0 Å². The number of amides is 1. The van der Waals surface area contributed by atoms with E-state index in [4.69, 9.17) is 11.6 Å². The minimum Gasteiger partial charge on any atom is -0.345 e. The van der Waals surface area contributed by atoms with Gasteiger partial charge in [0.2, 0.25) is 0 Å². The van der Waals surface area contributed by atoms with Gasteiger partial charge in [0, 0.05) is 12.1 Å². The van der Waals surface area contributed by atoms with Gasteiger partial charge in [-0.15, -0.1) is 0 Å². The molecule has 0 radical (unpaired) electrons. The summed E-state index contributed by atoms with van der Waals surface area (Å²) in [5.41, 5.74) is 1.10. The molecule has 2 rings (SSSR count). The van der Waals surface area contributed by atoms with Crippen molar-refractivity contribution in [2.75, 3.05) is 0 Å².